The van der Waals surface area contributed by atoms with E-state index in [-0.39, 0.29) is 18.1 Å². The molecule has 0 aromatic carbocycles. The first-order valence-electron chi connectivity index (χ1n) is 7.79. The molecule has 6 nitrogen and oxygen atoms in total. The van der Waals surface area contributed by atoms with Crippen LogP contribution < -0.4 is 5.32 Å². The number of carbonyl (C=O) groups is 1. The van der Waals surface area contributed by atoms with Crippen molar-refractivity contribution in [3.63, 3.8) is 0 Å². The maximum absolute atomic E-state index is 12.1. The van der Waals surface area contributed by atoms with Gasteiger partial charge in [-0.25, -0.2) is 9.78 Å². The quantitative estimate of drug-likeness (QED) is 0.880. The van der Waals surface area contributed by atoms with E-state index in [1.54, 1.807) is 18.2 Å². The smallest absolute Gasteiger partial charge is 0.317 e. The molecule has 7 heteroatoms. The molecular weight excluding hydrogens is 314 g/mol. The van der Waals surface area contributed by atoms with E-state index >= 15 is 0 Å². The zero-order chi connectivity index (χ0) is 16.2. The van der Waals surface area contributed by atoms with Crippen molar-refractivity contribution in [2.24, 2.45) is 5.92 Å². The van der Waals surface area contributed by atoms with Crippen molar-refractivity contribution in [1.29, 1.82) is 0 Å². The van der Waals surface area contributed by atoms with Crippen LogP contribution in [0.2, 0.25) is 0 Å². The van der Waals surface area contributed by atoms with Gasteiger partial charge in [-0.2, -0.15) is 0 Å². The van der Waals surface area contributed by atoms with E-state index in [2.05, 4.69) is 10.3 Å². The summed E-state index contributed by atoms with van der Waals surface area (Å²) in [5, 5.41) is 15.4. The average Bonchev–Trinajstić information content (AvgIpc) is 3.26. The number of rotatable bonds is 5. The van der Waals surface area contributed by atoms with Crippen molar-refractivity contribution in [3.8, 4) is 10.8 Å². The molecule has 23 heavy (non-hydrogen) atoms. The SMILES string of the molecule is CN(CC1CCCC1O)C(=O)NCc1csc(-c2ccco2)n1. The van der Waals surface area contributed by atoms with Crippen molar-refractivity contribution in [1.82, 2.24) is 15.2 Å². The molecule has 2 N–H and O–H groups in total. The van der Waals surface area contributed by atoms with E-state index in [9.17, 15) is 9.90 Å². The summed E-state index contributed by atoms with van der Waals surface area (Å²) in [6.07, 6.45) is 4.20. The third-order valence-electron chi connectivity index (χ3n) is 4.18. The van der Waals surface area contributed by atoms with Crippen LogP contribution in [0.5, 0.6) is 0 Å². The molecule has 1 fully saturated rings. The van der Waals surface area contributed by atoms with Crippen LogP contribution in [0.25, 0.3) is 10.8 Å². The van der Waals surface area contributed by atoms with E-state index in [0.29, 0.717) is 13.1 Å². The zero-order valence-electron chi connectivity index (χ0n) is 13.1. The Balaban J connectivity index is 1.48. The van der Waals surface area contributed by atoms with Crippen LogP contribution in [0.1, 0.15) is 25.0 Å². The number of furan rings is 1. The number of aliphatic hydroxyl groups is 1. The van der Waals surface area contributed by atoms with E-state index in [4.69, 9.17) is 4.42 Å². The molecule has 2 atom stereocenters. The fourth-order valence-electron chi connectivity index (χ4n) is 2.87. The summed E-state index contributed by atoms with van der Waals surface area (Å²) < 4.78 is 5.31. The summed E-state index contributed by atoms with van der Waals surface area (Å²) >= 11 is 1.49. The molecule has 3 rings (SSSR count). The average molecular weight is 335 g/mol. The summed E-state index contributed by atoms with van der Waals surface area (Å²) in [6.45, 7) is 0.968. The third-order valence-corrected chi connectivity index (χ3v) is 5.08. The minimum Gasteiger partial charge on any atom is -0.462 e. The highest BCUT2D eigenvalue weighted by Gasteiger charge is 2.27. The highest BCUT2D eigenvalue weighted by Crippen LogP contribution is 2.26. The molecule has 2 aromatic rings. The summed E-state index contributed by atoms with van der Waals surface area (Å²) in [4.78, 5) is 18.2. The molecule has 0 radical (unpaired) electrons. The Labute approximate surface area is 139 Å². The number of urea groups is 1. The molecular formula is C16H21N3O3S. The second kappa shape index (κ2) is 7.14. The van der Waals surface area contributed by atoms with Crippen LogP contribution >= 0.6 is 11.3 Å². The molecule has 1 saturated carbocycles. The van der Waals surface area contributed by atoms with Crippen molar-refractivity contribution in [2.75, 3.05) is 13.6 Å². The van der Waals surface area contributed by atoms with Crippen LogP contribution in [0.4, 0.5) is 4.79 Å². The second-order valence-corrected chi connectivity index (χ2v) is 6.78. The van der Waals surface area contributed by atoms with Crippen LogP contribution in [0, 0.1) is 5.92 Å². The largest absolute Gasteiger partial charge is 0.462 e. The van der Waals surface area contributed by atoms with Crippen LogP contribution in [-0.4, -0.2) is 40.7 Å². The molecule has 2 heterocycles. The molecule has 1 aliphatic rings. The van der Waals surface area contributed by atoms with Gasteiger partial charge in [-0.05, 0) is 25.0 Å². The summed E-state index contributed by atoms with van der Waals surface area (Å²) in [6, 6.07) is 3.54. The third kappa shape index (κ3) is 3.92. The van der Waals surface area contributed by atoms with Gasteiger partial charge < -0.3 is 19.7 Å². The Morgan fingerprint density at radius 2 is 2.43 bits per heavy atom. The van der Waals surface area contributed by atoms with E-state index < -0.39 is 0 Å². The Hall–Kier alpha value is -1.86. The molecule has 124 valence electrons. The normalized spacial score (nSPS) is 20.6. The monoisotopic (exact) mass is 335 g/mol. The lowest BCUT2D eigenvalue weighted by molar-refractivity contribution is 0.114. The number of hydrogen-bond donors (Lipinski definition) is 2. The predicted molar refractivity (Wildman–Crippen MR) is 88.0 cm³/mol. The van der Waals surface area contributed by atoms with E-state index in [1.807, 2.05) is 17.5 Å². The van der Waals surface area contributed by atoms with Crippen LogP contribution in [0.15, 0.2) is 28.2 Å². The first kappa shape index (κ1) is 16.0. The molecule has 0 saturated heterocycles. The first-order valence-corrected chi connectivity index (χ1v) is 8.67. The number of amides is 2. The molecule has 0 bridgehead atoms. The van der Waals surface area contributed by atoms with Crippen molar-refractivity contribution in [3.05, 3.63) is 29.5 Å². The van der Waals surface area contributed by atoms with Crippen LogP contribution in [0.3, 0.4) is 0 Å². The van der Waals surface area contributed by atoms with Gasteiger partial charge in [0.1, 0.15) is 0 Å². The zero-order valence-corrected chi connectivity index (χ0v) is 13.9. The Bertz CT molecular complexity index is 641. The Morgan fingerprint density at radius 3 is 3.13 bits per heavy atom. The van der Waals surface area contributed by atoms with E-state index in [0.717, 1.165) is 35.7 Å². The highest BCUT2D eigenvalue weighted by atomic mass is 32.1. The number of nitrogens with zero attached hydrogens (tertiary/aromatic N) is 2. The first-order chi connectivity index (χ1) is 11.1. The minimum absolute atomic E-state index is 0.142. The Kier molecular flexibility index (Phi) is 4.97. The maximum atomic E-state index is 12.1. The maximum Gasteiger partial charge on any atom is 0.317 e. The number of aromatic nitrogens is 1. The molecule has 2 unspecified atom stereocenters. The fraction of sp³-hybridized carbons (Fsp3) is 0.500. The van der Waals surface area contributed by atoms with Gasteiger partial charge in [0.25, 0.3) is 0 Å². The number of carbonyl (C=O) groups excluding carboxylic acids is 1. The lowest BCUT2D eigenvalue weighted by Crippen LogP contribution is -2.40. The van der Waals surface area contributed by atoms with Crippen molar-refractivity contribution >= 4 is 17.4 Å². The van der Waals surface area contributed by atoms with Gasteiger partial charge in [-0.3, -0.25) is 0 Å². The summed E-state index contributed by atoms with van der Waals surface area (Å²) in [5.74, 6) is 0.926. The summed E-state index contributed by atoms with van der Waals surface area (Å²) in [7, 11) is 1.76. The van der Waals surface area contributed by atoms with E-state index in [1.165, 1.54) is 11.3 Å². The minimum atomic E-state index is -0.278. The molecule has 0 aliphatic heterocycles. The summed E-state index contributed by atoms with van der Waals surface area (Å²) in [5.41, 5.74) is 0.809. The fourth-order valence-corrected chi connectivity index (χ4v) is 3.65. The van der Waals surface area contributed by atoms with Gasteiger partial charge in [-0.1, -0.05) is 6.42 Å². The topological polar surface area (TPSA) is 78.6 Å². The second-order valence-electron chi connectivity index (χ2n) is 5.92. The molecule has 2 amide bonds. The number of thiazole rings is 1. The number of hydrogen-bond acceptors (Lipinski definition) is 5. The number of nitrogens with one attached hydrogen (secondary N) is 1. The van der Waals surface area contributed by atoms with Gasteiger partial charge in [0.15, 0.2) is 10.8 Å². The number of aliphatic hydroxyl groups excluding tert-OH is 1. The Morgan fingerprint density at radius 1 is 1.57 bits per heavy atom. The van der Waals surface area contributed by atoms with Gasteiger partial charge in [-0.15, -0.1) is 11.3 Å². The molecule has 1 aliphatic carbocycles. The van der Waals surface area contributed by atoms with Gasteiger partial charge >= 0.3 is 6.03 Å². The molecule has 2 aromatic heterocycles. The molecule has 0 spiro atoms. The standard InChI is InChI=1S/C16H21N3O3S/c1-19(9-11-4-2-5-13(11)20)16(21)17-8-12-10-23-15(18-12)14-6-3-7-22-14/h3,6-7,10-11,13,20H,2,4-5,8-9H2,1H3,(H,17,21). The van der Waals surface area contributed by atoms with Gasteiger partial charge in [0, 0.05) is 24.9 Å². The van der Waals surface area contributed by atoms with Crippen LogP contribution in [-0.2, 0) is 6.54 Å². The highest BCUT2D eigenvalue weighted by molar-refractivity contribution is 7.13. The van der Waals surface area contributed by atoms with Gasteiger partial charge in [0.2, 0.25) is 0 Å². The van der Waals surface area contributed by atoms with Crippen molar-refractivity contribution < 1.29 is 14.3 Å². The predicted octanol–water partition coefficient (Wildman–Crippen LogP) is 2.71. The lowest BCUT2D eigenvalue weighted by Gasteiger charge is -2.23. The van der Waals surface area contributed by atoms with Crippen molar-refractivity contribution in [2.45, 2.75) is 31.9 Å². The lowest BCUT2D eigenvalue weighted by atomic mass is 10.1. The van der Waals surface area contributed by atoms with Gasteiger partial charge in [0.05, 0.1) is 24.6 Å².